The van der Waals surface area contributed by atoms with Crippen molar-refractivity contribution in [3.8, 4) is 0 Å². The highest BCUT2D eigenvalue weighted by atomic mass is 28.3. The molecule has 3 nitrogen and oxygen atoms in total. The number of ether oxygens (including phenoxy) is 2. The molecule has 5 atom stereocenters. The van der Waals surface area contributed by atoms with Crippen molar-refractivity contribution < 1.29 is 14.6 Å². The zero-order valence-electron chi connectivity index (χ0n) is 20.0. The van der Waals surface area contributed by atoms with E-state index in [-0.39, 0.29) is 29.6 Å². The molecule has 0 saturated heterocycles. The lowest BCUT2D eigenvalue weighted by Crippen LogP contribution is -2.60. The monoisotopic (exact) mass is 440 g/mol. The van der Waals surface area contributed by atoms with Gasteiger partial charge in [-0.25, -0.2) is 0 Å². The van der Waals surface area contributed by atoms with Gasteiger partial charge in [0.2, 0.25) is 0 Å². The summed E-state index contributed by atoms with van der Waals surface area (Å²) in [5.74, 6) is 0.288. The van der Waals surface area contributed by atoms with Crippen molar-refractivity contribution in [2.45, 2.75) is 76.3 Å². The quantitative estimate of drug-likeness (QED) is 0.349. The van der Waals surface area contributed by atoms with Crippen LogP contribution in [0.4, 0.5) is 0 Å². The van der Waals surface area contributed by atoms with Crippen LogP contribution in [0.1, 0.15) is 46.0 Å². The molecule has 0 radical (unpaired) electrons. The van der Waals surface area contributed by atoms with Crippen molar-refractivity contribution in [2.24, 2.45) is 16.7 Å². The average molecular weight is 441 g/mol. The van der Waals surface area contributed by atoms with E-state index in [9.17, 15) is 5.11 Å². The average Bonchev–Trinajstić information content (AvgIpc) is 3.12. The molecule has 0 spiro atoms. The number of hydrogen-bond acceptors (Lipinski definition) is 3. The van der Waals surface area contributed by atoms with Crippen LogP contribution in [0.3, 0.4) is 0 Å². The van der Waals surface area contributed by atoms with Gasteiger partial charge in [-0.3, -0.25) is 0 Å². The molecule has 170 valence electrons. The molecular weight excluding hydrogens is 400 g/mol. The summed E-state index contributed by atoms with van der Waals surface area (Å²) in [4.78, 5) is 0. The fraction of sp³-hybridized carbons (Fsp3) is 0.630. The van der Waals surface area contributed by atoms with Gasteiger partial charge in [0.25, 0.3) is 0 Å². The molecular formula is C27H40O3Si. The summed E-state index contributed by atoms with van der Waals surface area (Å²) in [5, 5.41) is 14.3. The van der Waals surface area contributed by atoms with Crippen molar-refractivity contribution in [1.29, 1.82) is 0 Å². The van der Waals surface area contributed by atoms with E-state index in [2.05, 4.69) is 76.0 Å². The summed E-state index contributed by atoms with van der Waals surface area (Å²) in [7, 11) is -0.225. The van der Waals surface area contributed by atoms with Gasteiger partial charge in [0.15, 0.2) is 0 Å². The summed E-state index contributed by atoms with van der Waals surface area (Å²) < 4.78 is 11.7. The van der Waals surface area contributed by atoms with E-state index in [1.54, 1.807) is 7.11 Å². The van der Waals surface area contributed by atoms with Crippen LogP contribution < -0.4 is 5.19 Å². The molecule has 1 aromatic carbocycles. The standard InChI is InChI=1S/C27H40O3Si/c1-7-26-18-17-22(25(26,2)3)24(30-19-29-4)27(26,28)21-15-11-12-16-23(21)31(5,6)20-13-9-8-10-14-20/h7-10,13-15,22-24,28H,1,11-12,16-19H2,2-6H3/t22-,23-,24-,26-,27+/m0/s1. The normalized spacial score (nSPS) is 37.0. The Labute approximate surface area is 189 Å². The van der Waals surface area contributed by atoms with Crippen molar-refractivity contribution >= 4 is 13.3 Å². The highest BCUT2D eigenvalue weighted by Crippen LogP contribution is 2.74. The Kier molecular flexibility index (Phi) is 5.92. The smallest absolute Gasteiger partial charge is 0.146 e. The molecule has 1 N–H and O–H groups in total. The zero-order valence-corrected chi connectivity index (χ0v) is 21.0. The van der Waals surface area contributed by atoms with Crippen molar-refractivity contribution in [3.05, 3.63) is 54.6 Å². The first-order valence-corrected chi connectivity index (χ1v) is 15.0. The van der Waals surface area contributed by atoms with Gasteiger partial charge in [-0.1, -0.05) is 74.6 Å². The minimum atomic E-state index is -1.89. The van der Waals surface area contributed by atoms with Gasteiger partial charge in [0, 0.05) is 12.5 Å². The van der Waals surface area contributed by atoms with E-state index in [1.165, 1.54) is 17.2 Å². The van der Waals surface area contributed by atoms with Gasteiger partial charge in [-0.05, 0) is 54.6 Å². The maximum absolute atomic E-state index is 12.9. The number of hydrogen-bond donors (Lipinski definition) is 1. The first kappa shape index (κ1) is 23.0. The summed E-state index contributed by atoms with van der Waals surface area (Å²) in [5.41, 5.74) is 0.114. The number of aliphatic hydroxyl groups is 1. The number of benzene rings is 1. The topological polar surface area (TPSA) is 38.7 Å². The van der Waals surface area contributed by atoms with Crippen molar-refractivity contribution in [3.63, 3.8) is 0 Å². The Morgan fingerprint density at radius 2 is 1.90 bits per heavy atom. The van der Waals surface area contributed by atoms with Crippen LogP contribution in [0, 0.1) is 16.7 Å². The molecule has 1 aromatic rings. The molecule has 0 aliphatic heterocycles. The van der Waals surface area contributed by atoms with Crippen molar-refractivity contribution in [1.82, 2.24) is 0 Å². The SMILES string of the molecule is C=C[C@@]12CC[C@@H]([C@H](OCOC)[C@]1(O)C1=CCCC[C@@H]1[Si](C)(C)c1ccccc1)C2(C)C. The minimum Gasteiger partial charge on any atom is -0.382 e. The van der Waals surface area contributed by atoms with Crippen LogP contribution in [0.15, 0.2) is 54.6 Å². The highest BCUT2D eigenvalue weighted by molar-refractivity contribution is 6.91. The molecule has 3 aliphatic rings. The van der Waals surface area contributed by atoms with Crippen LogP contribution in [-0.2, 0) is 9.47 Å². The molecule has 0 aromatic heterocycles. The molecule has 31 heavy (non-hydrogen) atoms. The fourth-order valence-electron chi connectivity index (χ4n) is 7.59. The first-order valence-electron chi connectivity index (χ1n) is 11.9. The number of rotatable bonds is 7. The van der Waals surface area contributed by atoms with E-state index in [4.69, 9.17) is 9.47 Å². The van der Waals surface area contributed by atoms with E-state index in [1.807, 2.05) is 0 Å². The highest BCUT2D eigenvalue weighted by Gasteiger charge is 2.76. The summed E-state index contributed by atoms with van der Waals surface area (Å²) in [6, 6.07) is 11.0. The van der Waals surface area contributed by atoms with Crippen LogP contribution in [0.25, 0.3) is 0 Å². The van der Waals surface area contributed by atoms with Crippen LogP contribution >= 0.6 is 0 Å². The second-order valence-electron chi connectivity index (χ2n) is 11.0. The maximum Gasteiger partial charge on any atom is 0.146 e. The predicted octanol–water partition coefficient (Wildman–Crippen LogP) is 5.42. The summed E-state index contributed by atoms with van der Waals surface area (Å²) in [6.45, 7) is 14.1. The Morgan fingerprint density at radius 3 is 2.55 bits per heavy atom. The first-order chi connectivity index (χ1) is 14.7. The number of methoxy groups -OCH3 is 1. The molecule has 2 saturated carbocycles. The molecule has 0 amide bonds. The van der Waals surface area contributed by atoms with Gasteiger partial charge in [0.1, 0.15) is 12.4 Å². The van der Waals surface area contributed by atoms with E-state index < -0.39 is 13.7 Å². The van der Waals surface area contributed by atoms with E-state index in [0.717, 1.165) is 25.7 Å². The Morgan fingerprint density at radius 1 is 1.19 bits per heavy atom. The lowest BCUT2D eigenvalue weighted by atomic mass is 9.59. The third-order valence-corrected chi connectivity index (χ3v) is 13.5. The van der Waals surface area contributed by atoms with E-state index in [0.29, 0.717) is 5.54 Å². The molecule has 4 heteroatoms. The predicted molar refractivity (Wildman–Crippen MR) is 130 cm³/mol. The Bertz CT molecular complexity index is 845. The fourth-order valence-corrected chi connectivity index (χ4v) is 11.1. The van der Waals surface area contributed by atoms with Crippen LogP contribution in [0.5, 0.6) is 0 Å². The third kappa shape index (κ3) is 3.02. The van der Waals surface area contributed by atoms with Gasteiger partial charge < -0.3 is 14.6 Å². The number of allylic oxidation sites excluding steroid dienone is 1. The summed E-state index contributed by atoms with van der Waals surface area (Å²) >= 11 is 0. The van der Waals surface area contributed by atoms with E-state index >= 15 is 0 Å². The van der Waals surface area contributed by atoms with Gasteiger partial charge in [-0.15, -0.1) is 6.58 Å². The number of fused-ring (bicyclic) bond motifs is 2. The second kappa shape index (κ2) is 7.98. The van der Waals surface area contributed by atoms with Crippen molar-refractivity contribution in [2.75, 3.05) is 13.9 Å². The molecule has 2 bridgehead atoms. The Hall–Kier alpha value is -1.20. The van der Waals surface area contributed by atoms with Crippen LogP contribution in [-0.4, -0.2) is 38.8 Å². The lowest BCUT2D eigenvalue weighted by Gasteiger charge is -2.53. The van der Waals surface area contributed by atoms with Crippen LogP contribution in [0.2, 0.25) is 18.6 Å². The second-order valence-corrected chi connectivity index (χ2v) is 15.8. The zero-order chi connectivity index (χ0) is 22.5. The van der Waals surface area contributed by atoms with Gasteiger partial charge >= 0.3 is 0 Å². The molecule has 4 rings (SSSR count). The lowest BCUT2D eigenvalue weighted by molar-refractivity contribution is -0.173. The maximum atomic E-state index is 12.9. The molecule has 0 unspecified atom stereocenters. The van der Waals surface area contributed by atoms with Gasteiger partial charge in [0.05, 0.1) is 14.2 Å². The molecule has 3 aliphatic carbocycles. The summed E-state index contributed by atoms with van der Waals surface area (Å²) in [6.07, 6.45) is 9.57. The minimum absolute atomic E-state index is 0.0802. The van der Waals surface area contributed by atoms with Gasteiger partial charge in [-0.2, -0.15) is 0 Å². The molecule has 0 heterocycles. The Balaban J connectivity index is 1.86. The molecule has 2 fully saturated rings. The largest absolute Gasteiger partial charge is 0.382 e. The third-order valence-electron chi connectivity index (χ3n) is 9.36.